The molecule has 3 rings (SSSR count). The Morgan fingerprint density at radius 1 is 1.23 bits per heavy atom. The van der Waals surface area contributed by atoms with Crippen molar-refractivity contribution >= 4 is 56.5 Å². The highest BCUT2D eigenvalue weighted by Crippen LogP contribution is 2.34. The van der Waals surface area contributed by atoms with Gasteiger partial charge in [-0.2, -0.15) is 0 Å². The summed E-state index contributed by atoms with van der Waals surface area (Å²) in [7, 11) is 0. The van der Waals surface area contributed by atoms with Crippen LogP contribution in [0.4, 0.5) is 14.9 Å². The van der Waals surface area contributed by atoms with Gasteiger partial charge in [0.25, 0.3) is 17.1 Å². The summed E-state index contributed by atoms with van der Waals surface area (Å²) in [5.41, 5.74) is 1.18. The number of ether oxygens (including phenoxy) is 1. The van der Waals surface area contributed by atoms with Crippen LogP contribution in [0.5, 0.6) is 5.75 Å². The molecule has 1 N–H and O–H groups in total. The van der Waals surface area contributed by atoms with Crippen LogP contribution in [0, 0.1) is 5.82 Å². The van der Waals surface area contributed by atoms with Crippen LogP contribution in [-0.2, 0) is 9.59 Å². The predicted molar refractivity (Wildman–Crippen MR) is 118 cm³/mol. The number of hydrogen-bond acceptors (Lipinski definition) is 5. The van der Waals surface area contributed by atoms with E-state index in [4.69, 9.17) is 4.74 Å². The molecule has 0 bridgehead atoms. The average Bonchev–Trinajstić information content (AvgIpc) is 2.97. The smallest absolute Gasteiger partial charge is 0.293 e. The Hall–Kier alpha value is -2.65. The van der Waals surface area contributed by atoms with Gasteiger partial charge >= 0.3 is 0 Å². The topological polar surface area (TPSA) is 75.7 Å². The quantitative estimate of drug-likeness (QED) is 0.547. The van der Waals surface area contributed by atoms with E-state index in [-0.39, 0.29) is 29.5 Å². The number of anilines is 1. The molecule has 0 aromatic heterocycles. The SMILES string of the molecule is CCCN1C(=O)S/C(=C/c2ccc(OCC(=O)Nc3ccc(F)cc3)c(Br)c2)C1=O. The lowest BCUT2D eigenvalue weighted by atomic mass is 10.2. The Labute approximate surface area is 185 Å². The van der Waals surface area contributed by atoms with Crippen molar-refractivity contribution in [3.8, 4) is 5.75 Å². The molecular weight excluding hydrogens is 475 g/mol. The first-order chi connectivity index (χ1) is 14.4. The number of nitrogens with zero attached hydrogens (tertiary/aromatic N) is 1. The number of benzene rings is 2. The Balaban J connectivity index is 1.61. The molecule has 0 saturated carbocycles. The van der Waals surface area contributed by atoms with Crippen LogP contribution >= 0.6 is 27.7 Å². The summed E-state index contributed by atoms with van der Waals surface area (Å²) in [5.74, 6) is -0.619. The molecule has 1 aliphatic rings. The summed E-state index contributed by atoms with van der Waals surface area (Å²) in [6.45, 7) is 2.08. The van der Waals surface area contributed by atoms with Gasteiger partial charge in [0.1, 0.15) is 11.6 Å². The molecule has 0 radical (unpaired) electrons. The zero-order valence-electron chi connectivity index (χ0n) is 16.0. The minimum atomic E-state index is -0.387. The van der Waals surface area contributed by atoms with E-state index in [1.54, 1.807) is 24.3 Å². The molecule has 3 amide bonds. The molecule has 1 fully saturated rings. The average molecular weight is 493 g/mol. The Kier molecular flexibility index (Phi) is 7.28. The number of thioether (sulfide) groups is 1. The van der Waals surface area contributed by atoms with E-state index in [1.807, 2.05) is 6.92 Å². The van der Waals surface area contributed by atoms with E-state index in [1.165, 1.54) is 29.2 Å². The van der Waals surface area contributed by atoms with E-state index in [9.17, 15) is 18.8 Å². The van der Waals surface area contributed by atoms with Gasteiger partial charge in [-0.25, -0.2) is 4.39 Å². The molecule has 1 saturated heterocycles. The highest BCUT2D eigenvalue weighted by Gasteiger charge is 2.34. The van der Waals surface area contributed by atoms with Crippen molar-refractivity contribution in [1.82, 2.24) is 4.90 Å². The first-order valence-electron chi connectivity index (χ1n) is 9.10. The summed E-state index contributed by atoms with van der Waals surface area (Å²) in [6.07, 6.45) is 2.36. The third-order valence-electron chi connectivity index (χ3n) is 4.06. The number of halogens is 2. The zero-order chi connectivity index (χ0) is 21.7. The Bertz CT molecular complexity index is 1010. The van der Waals surface area contributed by atoms with Gasteiger partial charge in [-0.05, 0) is 82.2 Å². The largest absolute Gasteiger partial charge is 0.483 e. The zero-order valence-corrected chi connectivity index (χ0v) is 18.4. The third kappa shape index (κ3) is 5.48. The summed E-state index contributed by atoms with van der Waals surface area (Å²) in [5, 5.41) is 2.35. The maximum atomic E-state index is 12.9. The molecule has 2 aromatic rings. The molecule has 9 heteroatoms. The van der Waals surface area contributed by atoms with Gasteiger partial charge in [-0.15, -0.1) is 0 Å². The van der Waals surface area contributed by atoms with Gasteiger partial charge in [0.05, 0.1) is 9.38 Å². The Morgan fingerprint density at radius 3 is 2.63 bits per heavy atom. The van der Waals surface area contributed by atoms with Crippen LogP contribution in [0.1, 0.15) is 18.9 Å². The summed E-state index contributed by atoms with van der Waals surface area (Å²) in [4.78, 5) is 37.9. The van der Waals surface area contributed by atoms with Crippen molar-refractivity contribution in [2.75, 3.05) is 18.5 Å². The van der Waals surface area contributed by atoms with E-state index < -0.39 is 0 Å². The van der Waals surface area contributed by atoms with Crippen LogP contribution < -0.4 is 10.1 Å². The van der Waals surface area contributed by atoms with Crippen LogP contribution in [0.25, 0.3) is 6.08 Å². The number of hydrogen-bond donors (Lipinski definition) is 1. The fourth-order valence-corrected chi connectivity index (χ4v) is 4.04. The number of nitrogens with one attached hydrogen (secondary N) is 1. The lowest BCUT2D eigenvalue weighted by Gasteiger charge is -2.10. The standard InChI is InChI=1S/C21H18BrFN2O4S/c1-2-9-25-20(27)18(30-21(25)28)11-13-3-8-17(16(22)10-13)29-12-19(26)24-15-6-4-14(23)5-7-15/h3-8,10-11H,2,9,12H2,1H3,(H,24,26)/b18-11+. The monoisotopic (exact) mass is 492 g/mol. The van der Waals surface area contributed by atoms with Gasteiger partial charge in [0.2, 0.25) is 0 Å². The summed E-state index contributed by atoms with van der Waals surface area (Å²) >= 11 is 4.31. The van der Waals surface area contributed by atoms with Crippen LogP contribution in [0.2, 0.25) is 0 Å². The Morgan fingerprint density at radius 2 is 1.97 bits per heavy atom. The van der Waals surface area contributed by atoms with Crippen molar-refractivity contribution in [2.24, 2.45) is 0 Å². The van der Waals surface area contributed by atoms with Crippen LogP contribution in [0.15, 0.2) is 51.8 Å². The molecule has 0 spiro atoms. The number of rotatable bonds is 7. The second-order valence-electron chi connectivity index (χ2n) is 6.37. The molecule has 1 heterocycles. The van der Waals surface area contributed by atoms with Crippen molar-refractivity contribution in [3.05, 3.63) is 63.2 Å². The van der Waals surface area contributed by atoms with E-state index in [0.29, 0.717) is 39.3 Å². The lowest BCUT2D eigenvalue weighted by molar-refractivity contribution is -0.122. The highest BCUT2D eigenvalue weighted by molar-refractivity contribution is 9.10. The fourth-order valence-electron chi connectivity index (χ4n) is 2.67. The predicted octanol–water partition coefficient (Wildman–Crippen LogP) is 5.05. The minimum absolute atomic E-state index is 0.231. The van der Waals surface area contributed by atoms with Crippen molar-refractivity contribution in [1.29, 1.82) is 0 Å². The lowest BCUT2D eigenvalue weighted by Crippen LogP contribution is -2.28. The number of carbonyl (C=O) groups excluding carboxylic acids is 3. The molecule has 30 heavy (non-hydrogen) atoms. The van der Waals surface area contributed by atoms with E-state index in [0.717, 1.165) is 11.8 Å². The third-order valence-corrected chi connectivity index (χ3v) is 5.59. The molecule has 0 atom stereocenters. The molecule has 2 aromatic carbocycles. The molecule has 0 aliphatic carbocycles. The van der Waals surface area contributed by atoms with Crippen molar-refractivity contribution < 1.29 is 23.5 Å². The molecular formula is C21H18BrFN2O4S. The number of amides is 3. The summed E-state index contributed by atoms with van der Waals surface area (Å²) in [6, 6.07) is 10.6. The van der Waals surface area contributed by atoms with Crippen molar-refractivity contribution in [3.63, 3.8) is 0 Å². The number of imide groups is 1. The van der Waals surface area contributed by atoms with Crippen LogP contribution in [0.3, 0.4) is 0 Å². The normalized spacial score (nSPS) is 15.0. The van der Waals surface area contributed by atoms with Gasteiger partial charge in [0, 0.05) is 12.2 Å². The second-order valence-corrected chi connectivity index (χ2v) is 8.21. The van der Waals surface area contributed by atoms with Crippen molar-refractivity contribution in [2.45, 2.75) is 13.3 Å². The number of carbonyl (C=O) groups is 3. The molecule has 6 nitrogen and oxygen atoms in total. The maximum absolute atomic E-state index is 12.9. The van der Waals surface area contributed by atoms with Gasteiger partial charge in [0.15, 0.2) is 6.61 Å². The first kappa shape index (κ1) is 22.0. The molecule has 156 valence electrons. The fraction of sp³-hybridized carbons (Fsp3) is 0.190. The maximum Gasteiger partial charge on any atom is 0.293 e. The van der Waals surface area contributed by atoms with Gasteiger partial charge in [-0.3, -0.25) is 19.3 Å². The second kappa shape index (κ2) is 9.90. The summed E-state index contributed by atoms with van der Waals surface area (Å²) < 4.78 is 19.0. The van der Waals surface area contributed by atoms with E-state index in [2.05, 4.69) is 21.2 Å². The van der Waals surface area contributed by atoms with Gasteiger partial charge < -0.3 is 10.1 Å². The van der Waals surface area contributed by atoms with E-state index >= 15 is 0 Å². The molecule has 0 unspecified atom stereocenters. The van der Waals surface area contributed by atoms with Crippen LogP contribution in [-0.4, -0.2) is 35.1 Å². The molecule has 1 aliphatic heterocycles. The van der Waals surface area contributed by atoms with Gasteiger partial charge in [-0.1, -0.05) is 13.0 Å². The minimum Gasteiger partial charge on any atom is -0.483 e. The highest BCUT2D eigenvalue weighted by atomic mass is 79.9. The first-order valence-corrected chi connectivity index (χ1v) is 10.7.